The Balaban J connectivity index is 1.58. The molecule has 0 bridgehead atoms. The van der Waals surface area contributed by atoms with Gasteiger partial charge in [-0.15, -0.1) is 0 Å². The molecule has 0 aliphatic carbocycles. The van der Waals surface area contributed by atoms with E-state index in [0.717, 1.165) is 11.3 Å². The molecule has 3 aromatic rings. The van der Waals surface area contributed by atoms with Crippen molar-refractivity contribution in [1.82, 2.24) is 10.3 Å². The number of hydrogen-bond acceptors (Lipinski definition) is 4. The van der Waals surface area contributed by atoms with E-state index >= 15 is 0 Å². The molecule has 0 aliphatic heterocycles. The van der Waals surface area contributed by atoms with Gasteiger partial charge in [0.25, 0.3) is 5.91 Å². The molecule has 1 aromatic heterocycles. The highest BCUT2D eigenvalue weighted by Crippen LogP contribution is 2.23. The molecule has 0 fully saturated rings. The largest absolute Gasteiger partial charge is 0.496 e. The number of methoxy groups -OCH3 is 1. The highest BCUT2D eigenvalue weighted by Gasteiger charge is 2.13. The van der Waals surface area contributed by atoms with Gasteiger partial charge in [-0.1, -0.05) is 29.3 Å². The van der Waals surface area contributed by atoms with E-state index < -0.39 is 0 Å². The molecule has 26 heavy (non-hydrogen) atoms. The number of hydrogen-bond donors (Lipinski definition) is 1. The summed E-state index contributed by atoms with van der Waals surface area (Å²) in [4.78, 5) is 16.8. The number of carbonyl (C=O) groups is 1. The van der Waals surface area contributed by atoms with Crippen LogP contribution in [0.3, 0.4) is 0 Å². The number of amides is 1. The Morgan fingerprint density at radius 2 is 2.00 bits per heavy atom. The monoisotopic (exact) mass is 370 g/mol. The van der Waals surface area contributed by atoms with Crippen molar-refractivity contribution in [3.05, 3.63) is 70.6 Å². The third kappa shape index (κ3) is 4.24. The molecule has 5 nitrogen and oxygen atoms in total. The first kappa shape index (κ1) is 18.0. The zero-order valence-corrected chi connectivity index (χ0v) is 15.3. The topological polar surface area (TPSA) is 64.4 Å². The molecule has 0 atom stereocenters. The summed E-state index contributed by atoms with van der Waals surface area (Å²) in [6.07, 6.45) is 2.18. The minimum Gasteiger partial charge on any atom is -0.496 e. The minimum atomic E-state index is -0.222. The number of ether oxygens (including phenoxy) is 1. The van der Waals surface area contributed by atoms with Gasteiger partial charge in [-0.05, 0) is 37.3 Å². The van der Waals surface area contributed by atoms with Gasteiger partial charge < -0.3 is 14.5 Å². The van der Waals surface area contributed by atoms with Crippen LogP contribution in [0, 0.1) is 6.92 Å². The third-order valence-electron chi connectivity index (χ3n) is 3.93. The van der Waals surface area contributed by atoms with Gasteiger partial charge in [0.15, 0.2) is 0 Å². The quantitative estimate of drug-likeness (QED) is 0.703. The molecule has 0 saturated carbocycles. The Kier molecular flexibility index (Phi) is 5.58. The van der Waals surface area contributed by atoms with Crippen molar-refractivity contribution in [3.8, 4) is 17.2 Å². The second-order valence-corrected chi connectivity index (χ2v) is 6.30. The summed E-state index contributed by atoms with van der Waals surface area (Å²) in [5.41, 5.74) is 3.33. The number of rotatable bonds is 6. The lowest BCUT2D eigenvalue weighted by Gasteiger charge is -2.09. The first-order chi connectivity index (χ1) is 12.6. The van der Waals surface area contributed by atoms with Gasteiger partial charge in [0.05, 0.1) is 18.4 Å². The van der Waals surface area contributed by atoms with E-state index in [2.05, 4.69) is 10.3 Å². The molecule has 3 rings (SSSR count). The van der Waals surface area contributed by atoms with Crippen molar-refractivity contribution in [1.29, 1.82) is 0 Å². The Morgan fingerprint density at radius 3 is 2.73 bits per heavy atom. The lowest BCUT2D eigenvalue weighted by molar-refractivity contribution is 0.0951. The van der Waals surface area contributed by atoms with Crippen molar-refractivity contribution in [2.24, 2.45) is 0 Å². The van der Waals surface area contributed by atoms with Crippen LogP contribution >= 0.6 is 11.6 Å². The highest BCUT2D eigenvalue weighted by molar-refractivity contribution is 6.30. The van der Waals surface area contributed by atoms with E-state index in [-0.39, 0.29) is 5.91 Å². The van der Waals surface area contributed by atoms with Crippen molar-refractivity contribution in [3.63, 3.8) is 0 Å². The summed E-state index contributed by atoms with van der Waals surface area (Å²) < 4.78 is 10.7. The van der Waals surface area contributed by atoms with Gasteiger partial charge in [-0.25, -0.2) is 4.98 Å². The van der Waals surface area contributed by atoms with Crippen LogP contribution in [0.15, 0.2) is 53.1 Å². The Morgan fingerprint density at radius 1 is 1.23 bits per heavy atom. The van der Waals surface area contributed by atoms with Crippen molar-refractivity contribution in [2.45, 2.75) is 13.3 Å². The average Bonchev–Trinajstić information content (AvgIpc) is 3.11. The molecule has 0 aliphatic rings. The summed E-state index contributed by atoms with van der Waals surface area (Å²) in [5.74, 6) is 0.796. The molecule has 0 radical (unpaired) electrons. The average molecular weight is 371 g/mol. The molecule has 6 heteroatoms. The van der Waals surface area contributed by atoms with Crippen molar-refractivity contribution in [2.75, 3.05) is 13.7 Å². The second-order valence-electron chi connectivity index (χ2n) is 5.86. The fourth-order valence-electron chi connectivity index (χ4n) is 2.50. The summed E-state index contributed by atoms with van der Waals surface area (Å²) in [6.45, 7) is 2.47. The van der Waals surface area contributed by atoms with Gasteiger partial charge in [-0.3, -0.25) is 4.79 Å². The Bertz CT molecular complexity index is 904. The van der Waals surface area contributed by atoms with E-state index in [1.807, 2.05) is 31.2 Å². The van der Waals surface area contributed by atoms with Crippen LogP contribution in [0.5, 0.6) is 5.75 Å². The highest BCUT2D eigenvalue weighted by atomic mass is 35.5. The molecule has 0 unspecified atom stereocenters. The molecule has 134 valence electrons. The van der Waals surface area contributed by atoms with Crippen LogP contribution in [-0.2, 0) is 6.42 Å². The molecule has 1 amide bonds. The SMILES string of the molecule is COc1cc(Cl)ccc1C(=O)NCCc1coc(-c2ccc(C)cc2)n1. The van der Waals surface area contributed by atoms with Crippen LogP contribution in [0.25, 0.3) is 11.5 Å². The number of nitrogens with zero attached hydrogens (tertiary/aromatic N) is 1. The van der Waals surface area contributed by atoms with E-state index in [0.29, 0.717) is 35.2 Å². The number of halogens is 1. The summed E-state index contributed by atoms with van der Waals surface area (Å²) in [6, 6.07) is 12.9. The Labute approximate surface area is 157 Å². The Hall–Kier alpha value is -2.79. The maximum atomic E-state index is 12.3. The van der Waals surface area contributed by atoms with Crippen molar-refractivity contribution >= 4 is 17.5 Å². The third-order valence-corrected chi connectivity index (χ3v) is 4.16. The van der Waals surface area contributed by atoms with Crippen LogP contribution in [0.2, 0.25) is 5.02 Å². The number of aryl methyl sites for hydroxylation is 1. The van der Waals surface area contributed by atoms with Gasteiger partial charge in [0.1, 0.15) is 12.0 Å². The number of carbonyl (C=O) groups excluding carboxylic acids is 1. The molecular formula is C20H19ClN2O3. The van der Waals surface area contributed by atoms with E-state index in [1.54, 1.807) is 24.5 Å². The smallest absolute Gasteiger partial charge is 0.255 e. The predicted octanol–water partition coefficient (Wildman–Crippen LogP) is 4.28. The lowest BCUT2D eigenvalue weighted by Crippen LogP contribution is -2.26. The number of oxazole rings is 1. The predicted molar refractivity (Wildman–Crippen MR) is 101 cm³/mol. The van der Waals surface area contributed by atoms with E-state index in [4.69, 9.17) is 20.8 Å². The van der Waals surface area contributed by atoms with Gasteiger partial charge in [-0.2, -0.15) is 0 Å². The van der Waals surface area contributed by atoms with Crippen LogP contribution < -0.4 is 10.1 Å². The summed E-state index contributed by atoms with van der Waals surface area (Å²) in [7, 11) is 1.50. The normalized spacial score (nSPS) is 10.6. The standard InChI is InChI=1S/C20H19ClN2O3/c1-13-3-5-14(6-4-13)20-23-16(12-26-20)9-10-22-19(24)17-8-7-15(21)11-18(17)25-2/h3-8,11-12H,9-10H2,1-2H3,(H,22,24). The van der Waals surface area contributed by atoms with Crippen LogP contribution in [-0.4, -0.2) is 24.5 Å². The van der Waals surface area contributed by atoms with Crippen LogP contribution in [0.4, 0.5) is 0 Å². The molecule has 2 aromatic carbocycles. The van der Waals surface area contributed by atoms with E-state index in [9.17, 15) is 4.79 Å². The summed E-state index contributed by atoms with van der Waals surface area (Å²) >= 11 is 5.92. The maximum absolute atomic E-state index is 12.3. The van der Waals surface area contributed by atoms with E-state index in [1.165, 1.54) is 12.7 Å². The van der Waals surface area contributed by atoms with Gasteiger partial charge in [0, 0.05) is 23.6 Å². The molecule has 0 saturated heterocycles. The fraction of sp³-hybridized carbons (Fsp3) is 0.200. The molecular weight excluding hydrogens is 352 g/mol. The van der Waals surface area contributed by atoms with Gasteiger partial charge in [0.2, 0.25) is 5.89 Å². The first-order valence-corrected chi connectivity index (χ1v) is 8.58. The zero-order valence-electron chi connectivity index (χ0n) is 14.6. The van der Waals surface area contributed by atoms with Crippen LogP contribution in [0.1, 0.15) is 21.6 Å². The zero-order chi connectivity index (χ0) is 18.5. The molecule has 0 spiro atoms. The number of nitrogens with one attached hydrogen (secondary N) is 1. The first-order valence-electron chi connectivity index (χ1n) is 8.20. The minimum absolute atomic E-state index is 0.222. The fourth-order valence-corrected chi connectivity index (χ4v) is 2.66. The van der Waals surface area contributed by atoms with Crippen molar-refractivity contribution < 1.29 is 13.9 Å². The lowest BCUT2D eigenvalue weighted by atomic mass is 10.1. The molecule has 1 N–H and O–H groups in total. The number of benzene rings is 2. The van der Waals surface area contributed by atoms with Gasteiger partial charge >= 0.3 is 0 Å². The number of aromatic nitrogens is 1. The second kappa shape index (κ2) is 8.06. The maximum Gasteiger partial charge on any atom is 0.255 e. The summed E-state index contributed by atoms with van der Waals surface area (Å²) in [5, 5.41) is 3.37. The molecule has 1 heterocycles.